The SMILES string of the molecule is COC12C(COC(N)=O)C3=C(C(=O)C(C)=C(N)C3=O)N1CC1C2N1C(=O)c1ccc(Cl)c(Cl)c1. The molecular weight excluding hydrogens is 487 g/mol. The molecule has 0 spiro atoms. The Morgan fingerprint density at radius 3 is 2.53 bits per heavy atom. The molecule has 10 nitrogen and oxygen atoms in total. The zero-order chi connectivity index (χ0) is 24.7. The normalized spacial score (nSPS) is 29.4. The van der Waals surface area contributed by atoms with E-state index < -0.39 is 35.3 Å². The minimum atomic E-state index is -1.33. The number of hydrogen-bond donors (Lipinski definition) is 2. The third-order valence-corrected chi connectivity index (χ3v) is 7.83. The number of ketones is 2. The van der Waals surface area contributed by atoms with Crippen LogP contribution >= 0.6 is 23.2 Å². The number of carbonyl (C=O) groups excluding carboxylic acids is 4. The first-order valence-electron chi connectivity index (χ1n) is 10.4. The number of allylic oxidation sites excluding steroid dienone is 2. The second kappa shape index (κ2) is 7.46. The van der Waals surface area contributed by atoms with E-state index in [1.165, 1.54) is 26.2 Å². The molecule has 12 heteroatoms. The number of primary amides is 1. The van der Waals surface area contributed by atoms with Gasteiger partial charge in [-0.05, 0) is 25.1 Å². The number of rotatable bonds is 4. The Labute approximate surface area is 204 Å². The Morgan fingerprint density at radius 1 is 1.21 bits per heavy atom. The summed E-state index contributed by atoms with van der Waals surface area (Å²) >= 11 is 12.1. The molecule has 0 aromatic heterocycles. The molecule has 1 aromatic carbocycles. The predicted octanol–water partition coefficient (Wildman–Crippen LogP) is 1.21. The van der Waals surface area contributed by atoms with Gasteiger partial charge in [-0.2, -0.15) is 0 Å². The Hall–Kier alpha value is -3.08. The molecule has 2 saturated heterocycles. The lowest BCUT2D eigenvalue weighted by Crippen LogP contribution is -2.56. The number of Topliss-reactive ketones (excluding diaryl/α,β-unsaturated/α-hetero) is 2. The Bertz CT molecular complexity index is 1260. The van der Waals surface area contributed by atoms with Crippen LogP contribution in [0.3, 0.4) is 0 Å². The molecule has 0 saturated carbocycles. The van der Waals surface area contributed by atoms with Crippen LogP contribution in [0.4, 0.5) is 4.79 Å². The predicted molar refractivity (Wildman–Crippen MR) is 120 cm³/mol. The quantitative estimate of drug-likeness (QED) is 0.457. The van der Waals surface area contributed by atoms with Crippen molar-refractivity contribution in [2.45, 2.75) is 24.7 Å². The summed E-state index contributed by atoms with van der Waals surface area (Å²) in [6.07, 6.45) is -1.05. The fourth-order valence-corrected chi connectivity index (χ4v) is 5.83. The van der Waals surface area contributed by atoms with Crippen LogP contribution in [0.2, 0.25) is 10.0 Å². The summed E-state index contributed by atoms with van der Waals surface area (Å²) in [7, 11) is 1.42. The van der Waals surface area contributed by atoms with Crippen molar-refractivity contribution in [2.24, 2.45) is 17.4 Å². The van der Waals surface area contributed by atoms with Gasteiger partial charge in [0.15, 0.2) is 5.72 Å². The lowest BCUT2D eigenvalue weighted by molar-refractivity contribution is -0.143. The average molecular weight is 507 g/mol. The molecular formula is C22H20Cl2N4O6. The molecule has 0 bridgehead atoms. The van der Waals surface area contributed by atoms with E-state index in [9.17, 15) is 19.2 Å². The number of nitrogens with zero attached hydrogens (tertiary/aromatic N) is 2. The van der Waals surface area contributed by atoms with Gasteiger partial charge >= 0.3 is 6.09 Å². The van der Waals surface area contributed by atoms with Crippen LogP contribution in [0.5, 0.6) is 0 Å². The number of nitrogens with two attached hydrogens (primary N) is 2. The molecule has 2 amide bonds. The van der Waals surface area contributed by atoms with E-state index in [4.69, 9.17) is 44.1 Å². The fraction of sp³-hybridized carbons (Fsp3) is 0.364. The second-order valence-electron chi connectivity index (χ2n) is 8.56. The number of fused-ring (bicyclic) bond motifs is 4. The summed E-state index contributed by atoms with van der Waals surface area (Å²) in [5.74, 6) is -2.14. The number of halogens is 2. The van der Waals surface area contributed by atoms with E-state index in [0.29, 0.717) is 10.6 Å². The highest BCUT2D eigenvalue weighted by molar-refractivity contribution is 6.42. The number of hydrogen-bond acceptors (Lipinski definition) is 8. The van der Waals surface area contributed by atoms with Crippen molar-refractivity contribution >= 4 is 46.8 Å². The van der Waals surface area contributed by atoms with E-state index >= 15 is 0 Å². The van der Waals surface area contributed by atoms with Crippen LogP contribution in [0.15, 0.2) is 40.7 Å². The smallest absolute Gasteiger partial charge is 0.404 e. The van der Waals surface area contributed by atoms with Gasteiger partial charge in [-0.3, -0.25) is 14.4 Å². The van der Waals surface area contributed by atoms with Crippen LogP contribution in [-0.4, -0.2) is 71.4 Å². The molecule has 2 fully saturated rings. The first kappa shape index (κ1) is 22.7. The van der Waals surface area contributed by atoms with Crippen LogP contribution in [0.25, 0.3) is 0 Å². The molecule has 5 rings (SSSR count). The number of amides is 2. The average Bonchev–Trinajstić information content (AvgIpc) is 3.30. The zero-order valence-electron chi connectivity index (χ0n) is 18.1. The van der Waals surface area contributed by atoms with E-state index in [0.717, 1.165) is 0 Å². The zero-order valence-corrected chi connectivity index (χ0v) is 19.6. The molecule has 1 aliphatic carbocycles. The summed E-state index contributed by atoms with van der Waals surface area (Å²) < 4.78 is 11.1. The van der Waals surface area contributed by atoms with Crippen LogP contribution < -0.4 is 11.5 Å². The lowest BCUT2D eigenvalue weighted by atomic mass is 9.82. The summed E-state index contributed by atoms with van der Waals surface area (Å²) in [6, 6.07) is 3.73. The van der Waals surface area contributed by atoms with Gasteiger partial charge in [0.25, 0.3) is 5.91 Å². The molecule has 3 heterocycles. The van der Waals surface area contributed by atoms with Gasteiger partial charge in [-0.1, -0.05) is 23.2 Å². The highest BCUT2D eigenvalue weighted by Crippen LogP contribution is 2.60. The molecule has 4 N–H and O–H groups in total. The maximum Gasteiger partial charge on any atom is 0.404 e. The van der Waals surface area contributed by atoms with Gasteiger partial charge in [0.1, 0.15) is 12.6 Å². The van der Waals surface area contributed by atoms with Gasteiger partial charge in [-0.25, -0.2) is 4.79 Å². The van der Waals surface area contributed by atoms with Crippen LogP contribution in [0.1, 0.15) is 17.3 Å². The summed E-state index contributed by atoms with van der Waals surface area (Å²) in [5, 5.41) is 0.555. The fourth-order valence-electron chi connectivity index (χ4n) is 5.53. The molecule has 1 aromatic rings. The highest BCUT2D eigenvalue weighted by atomic mass is 35.5. The first-order chi connectivity index (χ1) is 16.1. The van der Waals surface area contributed by atoms with E-state index in [1.54, 1.807) is 15.9 Å². The largest absolute Gasteiger partial charge is 0.449 e. The Kier molecular flexibility index (Phi) is 4.98. The summed E-state index contributed by atoms with van der Waals surface area (Å²) in [4.78, 5) is 54.4. The third-order valence-electron chi connectivity index (χ3n) is 7.09. The van der Waals surface area contributed by atoms with Crippen molar-refractivity contribution in [2.75, 3.05) is 20.3 Å². The number of piperazine rings is 1. The van der Waals surface area contributed by atoms with Crippen molar-refractivity contribution in [3.63, 3.8) is 0 Å². The molecule has 4 unspecified atom stereocenters. The van der Waals surface area contributed by atoms with Gasteiger partial charge in [0, 0.05) is 30.4 Å². The number of carbonyl (C=O) groups is 4. The lowest BCUT2D eigenvalue weighted by Gasteiger charge is -2.41. The second-order valence-corrected chi connectivity index (χ2v) is 9.38. The van der Waals surface area contributed by atoms with Crippen molar-refractivity contribution in [1.29, 1.82) is 0 Å². The van der Waals surface area contributed by atoms with Gasteiger partial charge < -0.3 is 30.7 Å². The van der Waals surface area contributed by atoms with Crippen molar-refractivity contribution in [3.05, 3.63) is 56.3 Å². The van der Waals surface area contributed by atoms with Crippen LogP contribution in [0, 0.1) is 5.92 Å². The number of methoxy groups -OCH3 is 1. The Balaban J connectivity index is 1.56. The maximum absolute atomic E-state index is 13.3. The minimum Gasteiger partial charge on any atom is -0.449 e. The Morgan fingerprint density at radius 2 is 1.91 bits per heavy atom. The minimum absolute atomic E-state index is 0.100. The van der Waals surface area contributed by atoms with Gasteiger partial charge in [-0.15, -0.1) is 0 Å². The summed E-state index contributed by atoms with van der Waals surface area (Å²) in [6.45, 7) is 1.39. The van der Waals surface area contributed by atoms with E-state index in [2.05, 4.69) is 0 Å². The van der Waals surface area contributed by atoms with Crippen LogP contribution in [-0.2, 0) is 19.1 Å². The van der Waals surface area contributed by atoms with E-state index in [1.807, 2.05) is 0 Å². The molecule has 178 valence electrons. The third kappa shape index (κ3) is 2.79. The highest BCUT2D eigenvalue weighted by Gasteiger charge is 2.77. The molecule has 34 heavy (non-hydrogen) atoms. The molecule has 0 radical (unpaired) electrons. The van der Waals surface area contributed by atoms with Gasteiger partial charge in [0.05, 0.1) is 33.4 Å². The summed E-state index contributed by atoms with van der Waals surface area (Å²) in [5.41, 5.74) is 10.4. The van der Waals surface area contributed by atoms with E-state index in [-0.39, 0.29) is 52.7 Å². The molecule has 3 aliphatic heterocycles. The van der Waals surface area contributed by atoms with Crippen molar-refractivity contribution in [1.82, 2.24) is 9.80 Å². The van der Waals surface area contributed by atoms with Gasteiger partial charge in [0.2, 0.25) is 11.6 Å². The molecule has 4 aliphatic rings. The number of benzene rings is 1. The first-order valence-corrected chi connectivity index (χ1v) is 11.1. The molecule has 4 atom stereocenters. The van der Waals surface area contributed by atoms with Crippen molar-refractivity contribution < 1.29 is 28.7 Å². The van der Waals surface area contributed by atoms with Crippen molar-refractivity contribution in [3.8, 4) is 0 Å². The standard InChI is InChI=1S/C22H20Cl2N4O6/c1-8-15(25)18(30)14-10(7-34-21(26)32)22(33-2)19-13(6-27(22)16(14)17(8)29)28(19)20(31)9-3-4-11(23)12(24)5-9/h3-5,10,13,19H,6-7,25H2,1-2H3,(H2,26,32). The topological polar surface area (TPSA) is 145 Å². The maximum atomic E-state index is 13.3. The number of ether oxygens (including phenoxy) is 2. The monoisotopic (exact) mass is 506 g/mol.